The van der Waals surface area contributed by atoms with Gasteiger partial charge in [-0.1, -0.05) is 0 Å². The zero-order chi connectivity index (χ0) is 14.1. The number of carboxylic acid groups (broad SMARTS) is 1. The Bertz CT molecular complexity index is 523. The average Bonchev–Trinajstić information content (AvgIpc) is 2.88. The fourth-order valence-corrected chi connectivity index (χ4v) is 3.26. The third-order valence-corrected chi connectivity index (χ3v) is 4.28. The van der Waals surface area contributed by atoms with E-state index >= 15 is 0 Å². The SMILES string of the molecule is O=C(O)c1ccnc(NC2CCN3CCCC3C2)c1F. The number of anilines is 1. The standard InChI is InChI=1S/C14H18FN3O2/c15-12-11(14(19)20)3-5-16-13(12)17-9-4-7-18-6-1-2-10(18)8-9/h3,5,9-10H,1-2,4,6-8H2,(H,16,17)(H,19,20). The molecule has 20 heavy (non-hydrogen) atoms. The first-order valence-corrected chi connectivity index (χ1v) is 7.03. The van der Waals surface area contributed by atoms with E-state index in [9.17, 15) is 9.18 Å². The van der Waals surface area contributed by atoms with Gasteiger partial charge in [-0.05, 0) is 38.3 Å². The van der Waals surface area contributed by atoms with Crippen molar-refractivity contribution in [2.45, 2.75) is 37.8 Å². The average molecular weight is 279 g/mol. The van der Waals surface area contributed by atoms with Crippen LogP contribution in [-0.4, -0.2) is 46.1 Å². The van der Waals surface area contributed by atoms with E-state index in [0.717, 1.165) is 19.4 Å². The number of pyridine rings is 1. The number of carbonyl (C=O) groups is 1. The van der Waals surface area contributed by atoms with Gasteiger partial charge in [0.15, 0.2) is 11.6 Å². The molecule has 2 N–H and O–H groups in total. The fourth-order valence-electron chi connectivity index (χ4n) is 3.26. The zero-order valence-electron chi connectivity index (χ0n) is 11.2. The van der Waals surface area contributed by atoms with E-state index in [0.29, 0.717) is 6.04 Å². The van der Waals surface area contributed by atoms with Crippen molar-refractivity contribution in [1.82, 2.24) is 9.88 Å². The van der Waals surface area contributed by atoms with Gasteiger partial charge in [0.05, 0.1) is 0 Å². The topological polar surface area (TPSA) is 65.5 Å². The number of nitrogens with zero attached hydrogens (tertiary/aromatic N) is 2. The first-order valence-electron chi connectivity index (χ1n) is 7.03. The van der Waals surface area contributed by atoms with Gasteiger partial charge in [0, 0.05) is 24.8 Å². The Labute approximate surface area is 116 Å². The number of rotatable bonds is 3. The number of halogens is 1. The second-order valence-corrected chi connectivity index (χ2v) is 5.52. The van der Waals surface area contributed by atoms with Gasteiger partial charge in [0.1, 0.15) is 5.56 Å². The Morgan fingerprint density at radius 2 is 2.30 bits per heavy atom. The summed E-state index contributed by atoms with van der Waals surface area (Å²) in [6.45, 7) is 2.18. The van der Waals surface area contributed by atoms with E-state index in [-0.39, 0.29) is 17.4 Å². The zero-order valence-corrected chi connectivity index (χ0v) is 11.2. The van der Waals surface area contributed by atoms with Crippen LogP contribution in [-0.2, 0) is 0 Å². The Morgan fingerprint density at radius 1 is 1.45 bits per heavy atom. The smallest absolute Gasteiger partial charge is 0.338 e. The molecule has 2 fully saturated rings. The van der Waals surface area contributed by atoms with Crippen LogP contribution in [0, 0.1) is 5.82 Å². The molecule has 3 heterocycles. The monoisotopic (exact) mass is 279 g/mol. The molecule has 0 saturated carbocycles. The van der Waals surface area contributed by atoms with Gasteiger partial charge in [-0.3, -0.25) is 0 Å². The van der Waals surface area contributed by atoms with Crippen molar-refractivity contribution in [3.63, 3.8) is 0 Å². The lowest BCUT2D eigenvalue weighted by Crippen LogP contribution is -2.43. The van der Waals surface area contributed by atoms with Gasteiger partial charge >= 0.3 is 5.97 Å². The van der Waals surface area contributed by atoms with Gasteiger partial charge in [-0.2, -0.15) is 0 Å². The van der Waals surface area contributed by atoms with Gasteiger partial charge in [-0.25, -0.2) is 14.2 Å². The minimum Gasteiger partial charge on any atom is -0.478 e. The summed E-state index contributed by atoms with van der Waals surface area (Å²) in [4.78, 5) is 17.3. The van der Waals surface area contributed by atoms with Crippen LogP contribution >= 0.6 is 0 Å². The molecule has 1 aromatic heterocycles. The number of aromatic nitrogens is 1. The van der Waals surface area contributed by atoms with Crippen LogP contribution in [0.15, 0.2) is 12.3 Å². The van der Waals surface area contributed by atoms with Crippen LogP contribution in [0.25, 0.3) is 0 Å². The van der Waals surface area contributed by atoms with Crippen molar-refractivity contribution >= 4 is 11.8 Å². The molecule has 0 aromatic carbocycles. The molecular weight excluding hydrogens is 261 g/mol. The number of nitrogens with one attached hydrogen (secondary N) is 1. The van der Waals surface area contributed by atoms with Crippen LogP contribution in [0.3, 0.4) is 0 Å². The van der Waals surface area contributed by atoms with Crippen LogP contribution in [0.5, 0.6) is 0 Å². The highest BCUT2D eigenvalue weighted by Gasteiger charge is 2.32. The summed E-state index contributed by atoms with van der Waals surface area (Å²) in [6, 6.07) is 1.93. The number of aromatic carboxylic acids is 1. The van der Waals surface area contributed by atoms with Gasteiger partial charge in [-0.15, -0.1) is 0 Å². The summed E-state index contributed by atoms with van der Waals surface area (Å²) in [5.74, 6) is -1.98. The molecule has 0 bridgehead atoms. The van der Waals surface area contributed by atoms with Crippen LogP contribution in [0.4, 0.5) is 10.2 Å². The summed E-state index contributed by atoms with van der Waals surface area (Å²) in [7, 11) is 0. The molecule has 2 unspecified atom stereocenters. The lowest BCUT2D eigenvalue weighted by atomic mass is 9.97. The molecule has 6 heteroatoms. The molecule has 0 aliphatic carbocycles. The predicted octanol–water partition coefficient (Wildman–Crippen LogP) is 1.96. The van der Waals surface area contributed by atoms with E-state index in [1.807, 2.05) is 0 Å². The predicted molar refractivity (Wildman–Crippen MR) is 72.4 cm³/mol. The number of hydrogen-bond donors (Lipinski definition) is 2. The van der Waals surface area contributed by atoms with E-state index < -0.39 is 11.8 Å². The van der Waals surface area contributed by atoms with E-state index in [4.69, 9.17) is 5.11 Å². The lowest BCUT2D eigenvalue weighted by Gasteiger charge is -2.35. The maximum Gasteiger partial charge on any atom is 0.338 e. The van der Waals surface area contributed by atoms with E-state index in [1.165, 1.54) is 31.6 Å². The Morgan fingerprint density at radius 3 is 3.10 bits per heavy atom. The number of fused-ring (bicyclic) bond motifs is 1. The van der Waals surface area contributed by atoms with Crippen molar-refractivity contribution < 1.29 is 14.3 Å². The Kier molecular flexibility index (Phi) is 3.56. The highest BCUT2D eigenvalue weighted by atomic mass is 19.1. The van der Waals surface area contributed by atoms with E-state index in [1.54, 1.807) is 0 Å². The lowest BCUT2D eigenvalue weighted by molar-refractivity contribution is 0.0691. The second kappa shape index (κ2) is 5.36. The summed E-state index contributed by atoms with van der Waals surface area (Å²) in [5, 5.41) is 12.0. The van der Waals surface area contributed by atoms with Crippen molar-refractivity contribution in [3.8, 4) is 0 Å². The molecular formula is C14H18FN3O2. The van der Waals surface area contributed by atoms with Gasteiger partial charge < -0.3 is 15.3 Å². The molecule has 5 nitrogen and oxygen atoms in total. The molecule has 1 aromatic rings. The number of carboxylic acids is 1. The molecule has 0 amide bonds. The summed E-state index contributed by atoms with van der Waals surface area (Å²) >= 11 is 0. The van der Waals surface area contributed by atoms with Gasteiger partial charge in [0.25, 0.3) is 0 Å². The summed E-state index contributed by atoms with van der Waals surface area (Å²) in [5.41, 5.74) is -0.333. The highest BCUT2D eigenvalue weighted by molar-refractivity contribution is 5.88. The molecule has 2 aliphatic heterocycles. The Hall–Kier alpha value is -1.69. The van der Waals surface area contributed by atoms with Crippen LogP contribution in [0.2, 0.25) is 0 Å². The second-order valence-electron chi connectivity index (χ2n) is 5.52. The van der Waals surface area contributed by atoms with Crippen molar-refractivity contribution in [2.75, 3.05) is 18.4 Å². The molecule has 2 aliphatic rings. The molecule has 2 saturated heterocycles. The third-order valence-electron chi connectivity index (χ3n) is 4.28. The number of piperidine rings is 1. The Balaban J connectivity index is 1.72. The van der Waals surface area contributed by atoms with E-state index in [2.05, 4.69) is 15.2 Å². The number of hydrogen-bond acceptors (Lipinski definition) is 4. The quantitative estimate of drug-likeness (QED) is 0.885. The molecule has 2 atom stereocenters. The molecule has 0 spiro atoms. The molecule has 3 rings (SSSR count). The van der Waals surface area contributed by atoms with Crippen molar-refractivity contribution in [1.29, 1.82) is 0 Å². The normalized spacial score (nSPS) is 26.2. The third kappa shape index (κ3) is 2.47. The minimum absolute atomic E-state index is 0.0568. The van der Waals surface area contributed by atoms with Crippen molar-refractivity contribution in [3.05, 3.63) is 23.6 Å². The summed E-state index contributed by atoms with van der Waals surface area (Å²) < 4.78 is 14.0. The first-order chi connectivity index (χ1) is 9.65. The summed E-state index contributed by atoms with van der Waals surface area (Å²) in [6.07, 6.45) is 5.68. The largest absolute Gasteiger partial charge is 0.478 e. The molecule has 108 valence electrons. The fraction of sp³-hybridized carbons (Fsp3) is 0.571. The first kappa shape index (κ1) is 13.3. The van der Waals surface area contributed by atoms with Crippen LogP contribution < -0.4 is 5.32 Å². The molecule has 0 radical (unpaired) electrons. The highest BCUT2D eigenvalue weighted by Crippen LogP contribution is 2.28. The van der Waals surface area contributed by atoms with Gasteiger partial charge in [0.2, 0.25) is 0 Å². The minimum atomic E-state index is -1.27. The maximum absolute atomic E-state index is 14.0. The maximum atomic E-state index is 14.0. The van der Waals surface area contributed by atoms with Crippen LogP contribution in [0.1, 0.15) is 36.0 Å². The van der Waals surface area contributed by atoms with Crippen molar-refractivity contribution in [2.24, 2.45) is 0 Å².